The van der Waals surface area contributed by atoms with E-state index < -0.39 is 62.8 Å². The lowest BCUT2D eigenvalue weighted by atomic mass is 9.96. The minimum atomic E-state index is -5.82. The van der Waals surface area contributed by atoms with Gasteiger partial charge in [0.25, 0.3) is 11.8 Å². The first kappa shape index (κ1) is 35.9. The molecule has 1 atom stereocenters. The van der Waals surface area contributed by atoms with Crippen molar-refractivity contribution in [3.05, 3.63) is 94.8 Å². The predicted octanol–water partition coefficient (Wildman–Crippen LogP) is 5.38. The lowest BCUT2D eigenvalue weighted by Crippen LogP contribution is -2.39. The molecule has 11 nitrogen and oxygen atoms in total. The van der Waals surface area contributed by atoms with E-state index in [-0.39, 0.29) is 17.3 Å². The minimum Gasteiger partial charge on any atom is -0.492 e. The van der Waals surface area contributed by atoms with E-state index in [0.717, 1.165) is 12.7 Å². The van der Waals surface area contributed by atoms with E-state index in [9.17, 15) is 44.3 Å². The van der Waals surface area contributed by atoms with E-state index >= 15 is 0 Å². The van der Waals surface area contributed by atoms with Crippen molar-refractivity contribution < 1.29 is 49.1 Å². The minimum absolute atomic E-state index is 0.102. The summed E-state index contributed by atoms with van der Waals surface area (Å²) in [4.78, 5) is 26.3. The van der Waals surface area contributed by atoms with E-state index in [2.05, 4.69) is 21.6 Å². The van der Waals surface area contributed by atoms with Gasteiger partial charge in [-0.2, -0.15) is 26.3 Å². The second-order valence-electron chi connectivity index (χ2n) is 10.8. The molecule has 0 saturated heterocycles. The number of anilines is 3. The Morgan fingerprint density at radius 3 is 2.10 bits per heavy atom. The van der Waals surface area contributed by atoms with Crippen LogP contribution in [0.15, 0.2) is 72.6 Å². The number of rotatable bonds is 10. The largest absolute Gasteiger partial charge is 0.492 e. The molecule has 0 bridgehead atoms. The fraction of sp³-hybridized carbons (Fsp3) is 0.267. The van der Waals surface area contributed by atoms with Crippen molar-refractivity contribution in [1.29, 1.82) is 0 Å². The Kier molecular flexibility index (Phi) is 10.2. The van der Waals surface area contributed by atoms with Gasteiger partial charge in [0, 0.05) is 5.56 Å². The Morgan fingerprint density at radius 2 is 1.52 bits per heavy atom. The standard InChI is InChI=1S/C30H30F6N6O5S/c1-16-10-11-19(14-24(16)42-15-23(39-41-42)28(44)37-17(2)18-8-6-5-7-9-18)27(43)38-21-12-20(26(29(31,32)33)30(34,35)36)13-22(25(21)47-3)40-48(4,45)46/h5-15,17,26,39-41H,1-4H3,(H,37,44)(H,38,43)/t17-/m1/s1. The van der Waals surface area contributed by atoms with Crippen LogP contribution in [0.1, 0.15) is 45.9 Å². The molecule has 5 N–H and O–H groups in total. The molecule has 3 aromatic carbocycles. The zero-order valence-corrected chi connectivity index (χ0v) is 26.5. The van der Waals surface area contributed by atoms with Crippen molar-refractivity contribution in [3.63, 3.8) is 0 Å². The quantitative estimate of drug-likeness (QED) is 0.178. The summed E-state index contributed by atoms with van der Waals surface area (Å²) in [6.07, 6.45) is -9.59. The van der Waals surface area contributed by atoms with Crippen LogP contribution in [0.4, 0.5) is 43.4 Å². The van der Waals surface area contributed by atoms with Crippen LogP contribution in [0.3, 0.4) is 0 Å². The highest BCUT2D eigenvalue weighted by Gasteiger charge is 2.57. The van der Waals surface area contributed by atoms with Crippen LogP contribution in [0.2, 0.25) is 0 Å². The average molecular weight is 701 g/mol. The number of methoxy groups -OCH3 is 1. The maximum atomic E-state index is 13.6. The number of hydrogen-bond donors (Lipinski definition) is 5. The van der Waals surface area contributed by atoms with Gasteiger partial charge in [0.1, 0.15) is 5.70 Å². The third-order valence-electron chi connectivity index (χ3n) is 7.04. The van der Waals surface area contributed by atoms with Gasteiger partial charge >= 0.3 is 12.4 Å². The molecule has 48 heavy (non-hydrogen) atoms. The highest BCUT2D eigenvalue weighted by atomic mass is 32.2. The van der Waals surface area contributed by atoms with Gasteiger partial charge in [-0.25, -0.2) is 8.42 Å². The summed E-state index contributed by atoms with van der Waals surface area (Å²) in [5.41, 5.74) is 4.52. The van der Waals surface area contributed by atoms with E-state index in [0.29, 0.717) is 29.6 Å². The molecule has 1 heterocycles. The summed E-state index contributed by atoms with van der Waals surface area (Å²) in [5, 5.41) is 6.47. The SMILES string of the molecule is COc1c(NC(=O)c2ccc(C)c(N3C=C(C(=O)N[C@H](C)c4ccccc4)NN3)c2)cc(C(C(F)(F)F)C(F)(F)F)cc1NS(C)(=O)=O. The van der Waals surface area contributed by atoms with Crippen LogP contribution in [0.5, 0.6) is 5.75 Å². The van der Waals surface area contributed by atoms with Crippen LogP contribution in [0, 0.1) is 6.92 Å². The average Bonchev–Trinajstić information content (AvgIpc) is 3.46. The molecule has 0 fully saturated rings. The van der Waals surface area contributed by atoms with Gasteiger partial charge in [-0.3, -0.25) is 24.7 Å². The molecule has 2 amide bonds. The molecule has 0 radical (unpaired) electrons. The number of carbonyl (C=O) groups excluding carboxylic acids is 2. The molecule has 0 spiro atoms. The normalized spacial score (nSPS) is 14.2. The van der Waals surface area contributed by atoms with Gasteiger partial charge in [0.2, 0.25) is 10.0 Å². The number of hydrazine groups is 2. The Hall–Kier alpha value is -4.97. The van der Waals surface area contributed by atoms with Crippen molar-refractivity contribution in [3.8, 4) is 5.75 Å². The summed E-state index contributed by atoms with van der Waals surface area (Å²) >= 11 is 0. The summed E-state index contributed by atoms with van der Waals surface area (Å²) in [6, 6.07) is 13.9. The lowest BCUT2D eigenvalue weighted by Gasteiger charge is -2.25. The number of ether oxygens (including phenoxy) is 1. The molecule has 258 valence electrons. The molecule has 0 aliphatic carbocycles. The molecular weight excluding hydrogens is 670 g/mol. The zero-order valence-electron chi connectivity index (χ0n) is 25.7. The Balaban J connectivity index is 1.65. The maximum Gasteiger partial charge on any atom is 0.404 e. The molecule has 1 aliphatic heterocycles. The molecular formula is C30H30F6N6O5S. The summed E-state index contributed by atoms with van der Waals surface area (Å²) < 4.78 is 113. The van der Waals surface area contributed by atoms with Gasteiger partial charge in [-0.1, -0.05) is 36.4 Å². The molecule has 4 rings (SSSR count). The number of hydrogen-bond acceptors (Lipinski definition) is 8. The van der Waals surface area contributed by atoms with E-state index in [1.807, 2.05) is 35.1 Å². The molecule has 1 aliphatic rings. The number of sulfonamides is 1. The van der Waals surface area contributed by atoms with Gasteiger partial charge in [0.15, 0.2) is 11.7 Å². The van der Waals surface area contributed by atoms with Gasteiger partial charge in [0.05, 0.1) is 42.7 Å². The second-order valence-corrected chi connectivity index (χ2v) is 12.5. The zero-order chi connectivity index (χ0) is 35.6. The fourth-order valence-electron chi connectivity index (χ4n) is 4.83. The third kappa shape index (κ3) is 8.48. The molecule has 3 aromatic rings. The van der Waals surface area contributed by atoms with Crippen LogP contribution in [-0.2, 0) is 14.8 Å². The van der Waals surface area contributed by atoms with Crippen LogP contribution in [0.25, 0.3) is 0 Å². The number of amides is 2. The van der Waals surface area contributed by atoms with Crippen LogP contribution < -0.4 is 36.1 Å². The summed E-state index contributed by atoms with van der Waals surface area (Å²) in [5.74, 6) is -5.99. The van der Waals surface area contributed by atoms with Crippen molar-refractivity contribution in [2.24, 2.45) is 0 Å². The van der Waals surface area contributed by atoms with Crippen molar-refractivity contribution in [2.75, 3.05) is 28.4 Å². The van der Waals surface area contributed by atoms with E-state index in [1.165, 1.54) is 29.4 Å². The number of alkyl halides is 6. The summed E-state index contributed by atoms with van der Waals surface area (Å²) in [7, 11) is -3.24. The number of halogens is 6. The molecule has 0 saturated carbocycles. The fourth-order valence-corrected chi connectivity index (χ4v) is 5.38. The number of carbonyl (C=O) groups is 2. The van der Waals surface area contributed by atoms with Crippen molar-refractivity contribution in [2.45, 2.75) is 38.2 Å². The molecule has 0 unspecified atom stereocenters. The van der Waals surface area contributed by atoms with Gasteiger partial charge < -0.3 is 15.4 Å². The Labute approximate surface area is 271 Å². The monoisotopic (exact) mass is 700 g/mol. The number of nitrogens with zero attached hydrogens (tertiary/aromatic N) is 1. The topological polar surface area (TPSA) is 141 Å². The molecule has 0 aromatic heterocycles. The smallest absolute Gasteiger partial charge is 0.404 e. The first-order chi connectivity index (χ1) is 22.3. The highest BCUT2D eigenvalue weighted by molar-refractivity contribution is 7.92. The number of nitrogens with one attached hydrogen (secondary N) is 5. The van der Waals surface area contributed by atoms with Crippen molar-refractivity contribution in [1.82, 2.24) is 16.3 Å². The van der Waals surface area contributed by atoms with Crippen molar-refractivity contribution >= 4 is 38.9 Å². The highest BCUT2D eigenvalue weighted by Crippen LogP contribution is 2.49. The van der Waals surface area contributed by atoms with Gasteiger partial charge in [-0.05, 0) is 54.8 Å². The predicted molar refractivity (Wildman–Crippen MR) is 165 cm³/mol. The lowest BCUT2D eigenvalue weighted by molar-refractivity contribution is -0.253. The van der Waals surface area contributed by atoms with E-state index in [1.54, 1.807) is 13.8 Å². The Morgan fingerprint density at radius 1 is 0.896 bits per heavy atom. The maximum absolute atomic E-state index is 13.6. The molecule has 18 heteroatoms. The Bertz CT molecular complexity index is 1820. The van der Waals surface area contributed by atoms with E-state index in [4.69, 9.17) is 4.74 Å². The summed E-state index contributed by atoms with van der Waals surface area (Å²) in [6.45, 7) is 3.49. The third-order valence-corrected chi connectivity index (χ3v) is 7.63. The van der Waals surface area contributed by atoms with Crippen LogP contribution >= 0.6 is 0 Å². The number of benzene rings is 3. The first-order valence-electron chi connectivity index (χ1n) is 13.9. The number of aryl methyl sites for hydroxylation is 1. The second kappa shape index (κ2) is 13.6. The van der Waals surface area contributed by atoms with Crippen LogP contribution in [-0.4, -0.2) is 46.0 Å². The first-order valence-corrected chi connectivity index (χ1v) is 15.8. The van der Waals surface area contributed by atoms with Gasteiger partial charge in [-0.15, -0.1) is 5.53 Å².